The van der Waals surface area contributed by atoms with Crippen molar-refractivity contribution < 1.29 is 9.53 Å². The van der Waals surface area contributed by atoms with E-state index in [0.29, 0.717) is 37.1 Å². The fraction of sp³-hybridized carbons (Fsp3) is 0.462. The second kappa shape index (κ2) is 8.64. The Bertz CT molecular complexity index is 1240. The number of aromatic nitrogens is 4. The number of carbonyl (C=O) groups excluding carboxylic acids is 1. The van der Waals surface area contributed by atoms with Crippen molar-refractivity contribution in [2.24, 2.45) is 5.92 Å². The van der Waals surface area contributed by atoms with Gasteiger partial charge in [0, 0.05) is 49.8 Å². The maximum absolute atomic E-state index is 14.3. The Kier molecular flexibility index (Phi) is 5.44. The first kappa shape index (κ1) is 22.0. The van der Waals surface area contributed by atoms with E-state index in [2.05, 4.69) is 25.4 Å². The van der Waals surface area contributed by atoms with Gasteiger partial charge < -0.3 is 15.0 Å². The fourth-order valence-electron chi connectivity index (χ4n) is 5.39. The van der Waals surface area contributed by atoms with E-state index in [0.717, 1.165) is 47.8 Å². The number of methoxy groups -OCH3 is 1. The molecule has 4 heterocycles. The molecule has 0 radical (unpaired) electrons. The number of anilines is 2. The monoisotopic (exact) mass is 473 g/mol. The number of aromatic amines is 1. The van der Waals surface area contributed by atoms with Gasteiger partial charge in [-0.05, 0) is 55.9 Å². The lowest BCUT2D eigenvalue weighted by molar-refractivity contribution is -0.124. The molecule has 3 aliphatic rings. The van der Waals surface area contributed by atoms with Crippen LogP contribution in [-0.4, -0.2) is 57.7 Å². The van der Waals surface area contributed by atoms with Gasteiger partial charge in [0.2, 0.25) is 11.9 Å². The van der Waals surface area contributed by atoms with Crippen molar-refractivity contribution in [2.75, 3.05) is 37.0 Å². The van der Waals surface area contributed by atoms with Gasteiger partial charge in [-0.3, -0.25) is 14.8 Å². The van der Waals surface area contributed by atoms with E-state index < -0.39 is 5.41 Å². The van der Waals surface area contributed by atoms with Gasteiger partial charge in [0.15, 0.2) is 0 Å². The molecule has 35 heavy (non-hydrogen) atoms. The number of carbonyl (C=O) groups is 1. The summed E-state index contributed by atoms with van der Waals surface area (Å²) < 4.78 is 5.68. The summed E-state index contributed by atoms with van der Waals surface area (Å²) in [7, 11) is 1.65. The minimum absolute atomic E-state index is 0.0751. The predicted molar refractivity (Wildman–Crippen MR) is 132 cm³/mol. The Hall–Kier alpha value is -3.46. The first-order chi connectivity index (χ1) is 17.1. The van der Waals surface area contributed by atoms with Crippen LogP contribution in [0.3, 0.4) is 0 Å². The molecule has 1 unspecified atom stereocenters. The van der Waals surface area contributed by atoms with Crippen LogP contribution in [0.2, 0.25) is 0 Å². The first-order valence-corrected chi connectivity index (χ1v) is 12.3. The van der Waals surface area contributed by atoms with Gasteiger partial charge in [0.25, 0.3) is 0 Å². The molecule has 2 fully saturated rings. The Morgan fingerprint density at radius 1 is 1.29 bits per heavy atom. The number of hydrogen-bond donors (Lipinski definition) is 2. The molecular weight excluding hydrogens is 442 g/mol. The molecule has 0 bridgehead atoms. The molecule has 2 aliphatic heterocycles. The molecule has 1 atom stereocenters. The minimum atomic E-state index is -0.734. The highest BCUT2D eigenvalue weighted by Crippen LogP contribution is 2.44. The summed E-state index contributed by atoms with van der Waals surface area (Å²) in [6.45, 7) is 5.46. The Morgan fingerprint density at radius 3 is 2.94 bits per heavy atom. The average molecular weight is 474 g/mol. The van der Waals surface area contributed by atoms with E-state index in [1.165, 1.54) is 12.8 Å². The second-order valence-corrected chi connectivity index (χ2v) is 10.1. The topological polar surface area (TPSA) is 99.3 Å². The van der Waals surface area contributed by atoms with E-state index >= 15 is 0 Å². The summed E-state index contributed by atoms with van der Waals surface area (Å²) in [5.41, 5.74) is 4.04. The third-order valence-corrected chi connectivity index (χ3v) is 7.47. The third kappa shape index (κ3) is 4.03. The van der Waals surface area contributed by atoms with E-state index in [4.69, 9.17) is 9.72 Å². The number of hydrogen-bond acceptors (Lipinski definition) is 7. The average Bonchev–Trinajstić information content (AvgIpc) is 3.38. The van der Waals surface area contributed by atoms with Crippen LogP contribution >= 0.6 is 0 Å². The summed E-state index contributed by atoms with van der Waals surface area (Å²) in [5.74, 6) is 2.11. The zero-order chi connectivity index (χ0) is 24.0. The molecule has 3 aromatic rings. The quantitative estimate of drug-likeness (QED) is 0.544. The lowest BCUT2D eigenvalue weighted by Crippen LogP contribution is -2.53. The van der Waals surface area contributed by atoms with Crippen LogP contribution in [0.15, 0.2) is 36.7 Å². The van der Waals surface area contributed by atoms with Crippen LogP contribution in [-0.2, 0) is 23.3 Å². The van der Waals surface area contributed by atoms with Gasteiger partial charge >= 0.3 is 0 Å². The summed E-state index contributed by atoms with van der Waals surface area (Å²) >= 11 is 0. The molecular formula is C26H31N7O2. The maximum atomic E-state index is 14.3. The number of aryl methyl sites for hydroxylation is 1. The number of fused-ring (bicyclic) bond motifs is 2. The molecule has 1 amide bonds. The van der Waals surface area contributed by atoms with Crippen LogP contribution in [0, 0.1) is 12.8 Å². The fourth-order valence-corrected chi connectivity index (χ4v) is 5.39. The summed E-state index contributed by atoms with van der Waals surface area (Å²) in [6, 6.07) is 7.96. The van der Waals surface area contributed by atoms with Crippen LogP contribution < -0.4 is 15.0 Å². The standard InChI is InChI=1S/C26H31N7O2/c1-17-3-6-21(22(11-17)35-2)33-14-19-13-28-25(27-12-18-4-5-18)30-23(19)26(24(33)34)8-10-32(16-26)15-20-7-9-29-31-20/h3,6-7,9,11,13,18H,4-5,8,10,12,14-16H2,1-2H3,(H,29,31)(H,27,28,30). The van der Waals surface area contributed by atoms with Crippen LogP contribution in [0.25, 0.3) is 0 Å². The van der Waals surface area contributed by atoms with Crippen molar-refractivity contribution in [3.63, 3.8) is 0 Å². The molecule has 2 N–H and O–H groups in total. The number of nitrogens with one attached hydrogen (secondary N) is 2. The van der Waals surface area contributed by atoms with Crippen molar-refractivity contribution in [3.05, 3.63) is 59.2 Å². The van der Waals surface area contributed by atoms with Crippen LogP contribution in [0.1, 0.15) is 41.8 Å². The highest BCUT2D eigenvalue weighted by atomic mass is 16.5. The summed E-state index contributed by atoms with van der Waals surface area (Å²) in [5, 5.41) is 10.5. The van der Waals surface area contributed by atoms with Crippen molar-refractivity contribution in [3.8, 4) is 5.75 Å². The number of likely N-dealkylation sites (tertiary alicyclic amines) is 1. The third-order valence-electron chi connectivity index (χ3n) is 7.47. The Balaban J connectivity index is 1.38. The smallest absolute Gasteiger partial charge is 0.241 e. The number of benzene rings is 1. The maximum Gasteiger partial charge on any atom is 0.241 e. The van der Waals surface area contributed by atoms with E-state index in [-0.39, 0.29) is 5.91 Å². The van der Waals surface area contributed by atoms with E-state index in [1.807, 2.05) is 42.3 Å². The van der Waals surface area contributed by atoms with Gasteiger partial charge in [-0.1, -0.05) is 6.07 Å². The largest absolute Gasteiger partial charge is 0.495 e. The van der Waals surface area contributed by atoms with E-state index in [9.17, 15) is 4.79 Å². The molecule has 9 nitrogen and oxygen atoms in total. The highest BCUT2D eigenvalue weighted by molar-refractivity contribution is 6.04. The second-order valence-electron chi connectivity index (χ2n) is 10.1. The highest BCUT2D eigenvalue weighted by Gasteiger charge is 2.53. The van der Waals surface area contributed by atoms with Crippen molar-refractivity contribution in [1.29, 1.82) is 0 Å². The summed E-state index contributed by atoms with van der Waals surface area (Å²) in [6.07, 6.45) is 6.89. The summed E-state index contributed by atoms with van der Waals surface area (Å²) in [4.78, 5) is 28.1. The van der Waals surface area contributed by atoms with E-state index in [1.54, 1.807) is 13.3 Å². The van der Waals surface area contributed by atoms with Crippen molar-refractivity contribution in [1.82, 2.24) is 25.1 Å². The molecule has 1 saturated heterocycles. The van der Waals surface area contributed by atoms with Gasteiger partial charge in [-0.25, -0.2) is 9.97 Å². The normalized spacial score (nSPS) is 22.0. The van der Waals surface area contributed by atoms with Crippen LogP contribution in [0.5, 0.6) is 5.75 Å². The lowest BCUT2D eigenvalue weighted by atomic mass is 9.77. The van der Waals surface area contributed by atoms with Gasteiger partial charge in [0.1, 0.15) is 11.2 Å². The number of H-pyrrole nitrogens is 1. The first-order valence-electron chi connectivity index (χ1n) is 12.3. The van der Waals surface area contributed by atoms with Gasteiger partial charge in [0.05, 0.1) is 25.0 Å². The van der Waals surface area contributed by atoms with Crippen LogP contribution in [0.4, 0.5) is 11.6 Å². The number of ether oxygens (including phenoxy) is 1. The van der Waals surface area contributed by atoms with Gasteiger partial charge in [-0.15, -0.1) is 0 Å². The minimum Gasteiger partial charge on any atom is -0.495 e. The van der Waals surface area contributed by atoms with Crippen molar-refractivity contribution in [2.45, 2.75) is 44.7 Å². The number of amides is 1. The molecule has 1 aliphatic carbocycles. The molecule has 9 heteroatoms. The van der Waals surface area contributed by atoms with Crippen molar-refractivity contribution >= 4 is 17.5 Å². The number of rotatable bonds is 7. The molecule has 2 aromatic heterocycles. The molecule has 1 spiro atoms. The molecule has 1 aromatic carbocycles. The lowest BCUT2D eigenvalue weighted by Gasteiger charge is -2.40. The molecule has 6 rings (SSSR count). The predicted octanol–water partition coefficient (Wildman–Crippen LogP) is 3.03. The zero-order valence-electron chi connectivity index (χ0n) is 20.3. The Morgan fingerprint density at radius 2 is 2.17 bits per heavy atom. The molecule has 182 valence electrons. The SMILES string of the molecule is COc1cc(C)ccc1N1Cc2cnc(NCC3CC3)nc2C2(CCN(Cc3ccn[nH]3)C2)C1=O. The number of nitrogens with zero attached hydrogens (tertiary/aromatic N) is 5. The zero-order valence-corrected chi connectivity index (χ0v) is 20.3. The van der Waals surface area contributed by atoms with Gasteiger partial charge in [-0.2, -0.15) is 5.10 Å². The molecule has 1 saturated carbocycles. The Labute approximate surface area is 204 Å².